The van der Waals surface area contributed by atoms with E-state index >= 15 is 0 Å². The van der Waals surface area contributed by atoms with Crippen molar-refractivity contribution >= 4 is 5.91 Å². The second kappa shape index (κ2) is 7.27. The minimum Gasteiger partial charge on any atom is -0.394 e. The summed E-state index contributed by atoms with van der Waals surface area (Å²) in [4.78, 5) is 15.7. The first-order chi connectivity index (χ1) is 12.0. The van der Waals surface area contributed by atoms with Crippen molar-refractivity contribution in [1.82, 2.24) is 9.80 Å². The lowest BCUT2D eigenvalue weighted by Crippen LogP contribution is -2.66. The molecule has 1 aliphatic heterocycles. The van der Waals surface area contributed by atoms with Crippen LogP contribution in [0.4, 0.5) is 0 Å². The van der Waals surface area contributed by atoms with Crippen molar-refractivity contribution in [3.8, 4) is 17.9 Å². The van der Waals surface area contributed by atoms with Gasteiger partial charge in [-0.2, -0.15) is 5.26 Å². The monoisotopic (exact) mass is 337 g/mol. The second-order valence-corrected chi connectivity index (χ2v) is 7.05. The van der Waals surface area contributed by atoms with Gasteiger partial charge in [0.1, 0.15) is 6.04 Å². The van der Waals surface area contributed by atoms with E-state index in [0.29, 0.717) is 5.92 Å². The number of nitrogens with zero attached hydrogens (tertiary/aromatic N) is 3. The number of likely N-dealkylation sites (tertiary alicyclic amines) is 1. The number of hydrogen-bond acceptors (Lipinski definition) is 4. The summed E-state index contributed by atoms with van der Waals surface area (Å²) in [6.45, 7) is 0.0857. The highest BCUT2D eigenvalue weighted by molar-refractivity contribution is 5.81. The molecule has 1 aliphatic carbocycles. The number of nitriles is 1. The van der Waals surface area contributed by atoms with Crippen molar-refractivity contribution in [2.24, 2.45) is 5.92 Å². The Bertz CT molecular complexity index is 735. The van der Waals surface area contributed by atoms with Crippen molar-refractivity contribution in [2.75, 3.05) is 27.2 Å². The van der Waals surface area contributed by atoms with Gasteiger partial charge in [0, 0.05) is 17.4 Å². The third kappa shape index (κ3) is 3.69. The zero-order valence-corrected chi connectivity index (χ0v) is 14.6. The number of aliphatic hydroxyl groups is 1. The van der Waals surface area contributed by atoms with Gasteiger partial charge in [-0.25, -0.2) is 0 Å². The number of amides is 1. The van der Waals surface area contributed by atoms with Crippen LogP contribution < -0.4 is 0 Å². The standard InChI is InChI=1S/C20H23N3O2/c1-22(2)12-19(25)23-17(11-21)20(18(23)13-24)16-9-7-15(8-10-16)6-5-14-3-4-14/h7-10,14,17-18,20,24H,3-4,12-13H2,1-2H3/t17-,18-,20-/m1/s1. The molecule has 2 aliphatic rings. The van der Waals surface area contributed by atoms with Gasteiger partial charge in [0.2, 0.25) is 5.91 Å². The third-order valence-electron chi connectivity index (χ3n) is 4.76. The number of carbonyl (C=O) groups excluding carboxylic acids is 1. The van der Waals surface area contributed by atoms with Crippen molar-refractivity contribution in [1.29, 1.82) is 5.26 Å². The summed E-state index contributed by atoms with van der Waals surface area (Å²) in [5, 5.41) is 19.3. The number of hydrogen-bond donors (Lipinski definition) is 1. The van der Waals surface area contributed by atoms with Crippen LogP contribution >= 0.6 is 0 Å². The molecular weight excluding hydrogens is 314 g/mol. The predicted octanol–water partition coefficient (Wildman–Crippen LogP) is 1.19. The van der Waals surface area contributed by atoms with Gasteiger partial charge in [-0.15, -0.1) is 0 Å². The van der Waals surface area contributed by atoms with E-state index in [1.165, 1.54) is 17.7 Å². The highest BCUT2D eigenvalue weighted by Crippen LogP contribution is 2.40. The number of rotatable bonds is 4. The molecule has 0 unspecified atom stereocenters. The van der Waals surface area contributed by atoms with E-state index < -0.39 is 6.04 Å². The van der Waals surface area contributed by atoms with E-state index in [1.807, 2.05) is 38.4 Å². The topological polar surface area (TPSA) is 67.6 Å². The molecule has 1 aromatic rings. The maximum Gasteiger partial charge on any atom is 0.238 e. The zero-order valence-electron chi connectivity index (χ0n) is 14.6. The summed E-state index contributed by atoms with van der Waals surface area (Å²) in [6, 6.07) is 9.18. The second-order valence-electron chi connectivity index (χ2n) is 7.05. The molecule has 2 fully saturated rings. The summed E-state index contributed by atoms with van der Waals surface area (Å²) in [5.41, 5.74) is 1.93. The molecule has 3 atom stereocenters. The van der Waals surface area contributed by atoms with Crippen LogP contribution in [0.15, 0.2) is 24.3 Å². The first kappa shape index (κ1) is 17.5. The minimum absolute atomic E-state index is 0.126. The average molecular weight is 337 g/mol. The molecule has 0 radical (unpaired) electrons. The Morgan fingerprint density at radius 3 is 2.52 bits per heavy atom. The van der Waals surface area contributed by atoms with Crippen LogP contribution in [0.5, 0.6) is 0 Å². The molecule has 3 rings (SSSR count). The first-order valence-corrected chi connectivity index (χ1v) is 8.63. The maximum absolute atomic E-state index is 12.4. The fourth-order valence-corrected chi connectivity index (χ4v) is 3.30. The molecule has 1 amide bonds. The quantitative estimate of drug-likeness (QED) is 0.838. The lowest BCUT2D eigenvalue weighted by atomic mass is 9.75. The van der Waals surface area contributed by atoms with Crippen LogP contribution in [0.3, 0.4) is 0 Å². The fourth-order valence-electron chi connectivity index (χ4n) is 3.30. The largest absolute Gasteiger partial charge is 0.394 e. The molecule has 5 heteroatoms. The van der Waals surface area contributed by atoms with Crippen molar-refractivity contribution in [3.63, 3.8) is 0 Å². The van der Waals surface area contributed by atoms with E-state index in [0.717, 1.165) is 11.1 Å². The van der Waals surface area contributed by atoms with Crippen LogP contribution in [0.1, 0.15) is 29.9 Å². The van der Waals surface area contributed by atoms with E-state index in [9.17, 15) is 15.2 Å². The highest BCUT2D eigenvalue weighted by Gasteiger charge is 2.51. The molecule has 25 heavy (non-hydrogen) atoms. The van der Waals surface area contributed by atoms with Gasteiger partial charge in [0.15, 0.2) is 0 Å². The van der Waals surface area contributed by atoms with Gasteiger partial charge in [-0.1, -0.05) is 24.0 Å². The lowest BCUT2D eigenvalue weighted by Gasteiger charge is -2.51. The van der Waals surface area contributed by atoms with Gasteiger partial charge in [-0.05, 0) is 44.6 Å². The zero-order chi connectivity index (χ0) is 18.0. The minimum atomic E-state index is -0.534. The fraction of sp³-hybridized carbons (Fsp3) is 0.500. The maximum atomic E-state index is 12.4. The number of likely N-dealkylation sites (N-methyl/N-ethyl adjacent to an activating group) is 1. The first-order valence-electron chi connectivity index (χ1n) is 8.63. The smallest absolute Gasteiger partial charge is 0.238 e. The number of benzene rings is 1. The Kier molecular flexibility index (Phi) is 5.08. The van der Waals surface area contributed by atoms with Gasteiger partial charge < -0.3 is 14.9 Å². The molecule has 5 nitrogen and oxygen atoms in total. The summed E-state index contributed by atoms with van der Waals surface area (Å²) in [7, 11) is 3.62. The van der Waals surface area contributed by atoms with Crippen LogP contribution in [-0.2, 0) is 4.79 Å². The Hall–Kier alpha value is -2.34. The van der Waals surface area contributed by atoms with Crippen LogP contribution in [0, 0.1) is 29.1 Å². The van der Waals surface area contributed by atoms with Crippen LogP contribution in [0.2, 0.25) is 0 Å². The summed E-state index contributed by atoms with van der Waals surface area (Å²) in [6.07, 6.45) is 2.40. The van der Waals surface area contributed by atoms with Crippen LogP contribution in [-0.4, -0.2) is 60.1 Å². The Balaban J connectivity index is 1.76. The van der Waals surface area contributed by atoms with E-state index in [-0.39, 0.29) is 31.0 Å². The average Bonchev–Trinajstić information content (AvgIpc) is 3.37. The molecule has 1 N–H and O–H groups in total. The molecule has 0 aromatic heterocycles. The van der Waals surface area contributed by atoms with Crippen LogP contribution in [0.25, 0.3) is 0 Å². The van der Waals surface area contributed by atoms with E-state index in [4.69, 9.17) is 0 Å². The van der Waals surface area contributed by atoms with Gasteiger partial charge in [0.05, 0.1) is 25.3 Å². The SMILES string of the molecule is CN(C)CC(=O)N1[C@H](C#N)[C@@H](c2ccc(C#CC3CC3)cc2)[C@H]1CO. The molecule has 0 bridgehead atoms. The van der Waals surface area contributed by atoms with Crippen molar-refractivity contribution in [3.05, 3.63) is 35.4 Å². The lowest BCUT2D eigenvalue weighted by molar-refractivity contribution is -0.147. The molecule has 1 saturated carbocycles. The highest BCUT2D eigenvalue weighted by atomic mass is 16.3. The summed E-state index contributed by atoms with van der Waals surface area (Å²) in [5.74, 6) is 6.68. The molecule has 1 saturated heterocycles. The van der Waals surface area contributed by atoms with Gasteiger partial charge in [-0.3, -0.25) is 4.79 Å². The summed E-state index contributed by atoms with van der Waals surface area (Å²) < 4.78 is 0. The Morgan fingerprint density at radius 1 is 1.32 bits per heavy atom. The van der Waals surface area contributed by atoms with Crippen molar-refractivity contribution < 1.29 is 9.90 Å². The van der Waals surface area contributed by atoms with Crippen molar-refractivity contribution in [2.45, 2.75) is 30.8 Å². The Labute approximate surface area is 148 Å². The molecule has 130 valence electrons. The summed E-state index contributed by atoms with van der Waals surface area (Å²) >= 11 is 0. The Morgan fingerprint density at radius 2 is 2.00 bits per heavy atom. The molecule has 0 spiro atoms. The molecule has 1 aromatic carbocycles. The van der Waals surface area contributed by atoms with Gasteiger partial charge >= 0.3 is 0 Å². The molecule has 1 heterocycles. The van der Waals surface area contributed by atoms with E-state index in [2.05, 4.69) is 17.9 Å². The predicted molar refractivity (Wildman–Crippen MR) is 94.5 cm³/mol. The van der Waals surface area contributed by atoms with E-state index in [1.54, 1.807) is 4.90 Å². The van der Waals surface area contributed by atoms with Gasteiger partial charge in [0.25, 0.3) is 0 Å². The number of aliphatic hydroxyl groups excluding tert-OH is 1. The number of carbonyl (C=O) groups is 1. The molecular formula is C20H23N3O2. The third-order valence-corrected chi connectivity index (χ3v) is 4.76. The normalized spacial score (nSPS) is 24.9.